The Morgan fingerprint density at radius 2 is 1.79 bits per heavy atom. The SMILES string of the molecule is COc1cc2c(Oc3ccc(NC(=O)c4c(C)n(C)n(-c5ccccc5)c4=O)cc3F)ccnc2cc1OCC1(OC(=O)C(C)N)CC1. The van der Waals surface area contributed by atoms with E-state index in [4.69, 9.17) is 24.7 Å². The Morgan fingerprint density at radius 1 is 1.04 bits per heavy atom. The number of esters is 1. The molecule has 2 aromatic heterocycles. The van der Waals surface area contributed by atoms with Gasteiger partial charge in [0.1, 0.15) is 29.6 Å². The molecule has 0 aliphatic heterocycles. The van der Waals surface area contributed by atoms with E-state index in [2.05, 4.69) is 10.3 Å². The number of pyridine rings is 1. The van der Waals surface area contributed by atoms with Gasteiger partial charge >= 0.3 is 5.97 Å². The predicted octanol–water partition coefficient (Wildman–Crippen LogP) is 5.03. The van der Waals surface area contributed by atoms with E-state index >= 15 is 4.39 Å². The van der Waals surface area contributed by atoms with Crippen LogP contribution >= 0.6 is 0 Å². The van der Waals surface area contributed by atoms with Crippen LogP contribution in [0.2, 0.25) is 0 Å². The first-order valence-electron chi connectivity index (χ1n) is 15.2. The van der Waals surface area contributed by atoms with E-state index in [1.165, 1.54) is 30.1 Å². The molecule has 248 valence electrons. The first-order chi connectivity index (χ1) is 23.0. The molecule has 1 amide bonds. The molecule has 1 atom stereocenters. The van der Waals surface area contributed by atoms with Gasteiger partial charge in [-0.3, -0.25) is 24.0 Å². The average molecular weight is 656 g/mol. The van der Waals surface area contributed by atoms with Gasteiger partial charge < -0.3 is 30.0 Å². The Kier molecular flexibility index (Phi) is 8.63. The fraction of sp³-hybridized carbons (Fsp3) is 0.257. The summed E-state index contributed by atoms with van der Waals surface area (Å²) in [5.74, 6) is -0.954. The zero-order valence-corrected chi connectivity index (χ0v) is 26.8. The van der Waals surface area contributed by atoms with E-state index in [9.17, 15) is 14.4 Å². The third-order valence-corrected chi connectivity index (χ3v) is 8.17. The van der Waals surface area contributed by atoms with E-state index < -0.39 is 34.9 Å². The number of nitrogens with zero attached hydrogens (tertiary/aromatic N) is 3. The van der Waals surface area contributed by atoms with E-state index in [1.807, 2.05) is 6.07 Å². The number of carbonyl (C=O) groups excluding carboxylic acids is 2. The van der Waals surface area contributed by atoms with Gasteiger partial charge in [-0.1, -0.05) is 18.2 Å². The van der Waals surface area contributed by atoms with Crippen molar-refractivity contribution in [3.8, 4) is 28.7 Å². The van der Waals surface area contributed by atoms with Gasteiger partial charge in [-0.15, -0.1) is 0 Å². The minimum atomic E-state index is -0.743. The third kappa shape index (κ3) is 6.32. The van der Waals surface area contributed by atoms with Gasteiger partial charge in [-0.2, -0.15) is 0 Å². The number of carbonyl (C=O) groups is 2. The molecule has 2 heterocycles. The first kappa shape index (κ1) is 32.3. The summed E-state index contributed by atoms with van der Waals surface area (Å²) in [5, 5.41) is 3.15. The van der Waals surface area contributed by atoms with Gasteiger partial charge in [0.05, 0.1) is 24.0 Å². The van der Waals surface area contributed by atoms with E-state index in [0.717, 1.165) is 6.07 Å². The summed E-state index contributed by atoms with van der Waals surface area (Å²) in [7, 11) is 3.17. The van der Waals surface area contributed by atoms with Gasteiger partial charge in [-0.25, -0.2) is 9.07 Å². The number of fused-ring (bicyclic) bond motifs is 1. The number of methoxy groups -OCH3 is 1. The van der Waals surface area contributed by atoms with Crippen LogP contribution in [-0.2, 0) is 16.6 Å². The number of benzene rings is 3. The number of para-hydroxylation sites is 1. The van der Waals surface area contributed by atoms with Crippen molar-refractivity contribution in [3.63, 3.8) is 0 Å². The fourth-order valence-corrected chi connectivity index (χ4v) is 5.22. The lowest BCUT2D eigenvalue weighted by atomic mass is 10.1. The van der Waals surface area contributed by atoms with Crippen LogP contribution in [0.15, 0.2) is 77.7 Å². The number of nitrogens with two attached hydrogens (primary N) is 1. The summed E-state index contributed by atoms with van der Waals surface area (Å²) in [5.41, 5.74) is 6.05. The van der Waals surface area contributed by atoms with Crippen molar-refractivity contribution >= 4 is 28.5 Å². The maximum Gasteiger partial charge on any atom is 0.323 e. The van der Waals surface area contributed by atoms with Crippen LogP contribution in [0.5, 0.6) is 23.0 Å². The summed E-state index contributed by atoms with van der Waals surface area (Å²) in [6.45, 7) is 3.34. The number of hydrogen-bond acceptors (Lipinski definition) is 9. The lowest BCUT2D eigenvalue weighted by molar-refractivity contribution is -0.154. The number of aromatic nitrogens is 3. The Labute approximate surface area is 274 Å². The summed E-state index contributed by atoms with van der Waals surface area (Å²) in [6, 6.07) is 17.1. The average Bonchev–Trinajstić information content (AvgIpc) is 3.79. The van der Waals surface area contributed by atoms with Crippen LogP contribution in [0.1, 0.15) is 35.8 Å². The Balaban J connectivity index is 1.19. The molecule has 13 heteroatoms. The molecular formula is C35H34FN5O7. The molecule has 3 aromatic carbocycles. The number of amides is 1. The van der Waals surface area contributed by atoms with Crippen LogP contribution in [0.3, 0.4) is 0 Å². The third-order valence-electron chi connectivity index (χ3n) is 8.17. The highest BCUT2D eigenvalue weighted by Gasteiger charge is 2.48. The molecule has 0 spiro atoms. The van der Waals surface area contributed by atoms with Crippen molar-refractivity contribution in [3.05, 3.63) is 100 Å². The molecule has 0 saturated heterocycles. The fourth-order valence-electron chi connectivity index (χ4n) is 5.22. The number of hydrogen-bond donors (Lipinski definition) is 2. The smallest absolute Gasteiger partial charge is 0.323 e. The van der Waals surface area contributed by atoms with Gasteiger partial charge in [-0.05, 0) is 63.1 Å². The highest BCUT2D eigenvalue weighted by Crippen LogP contribution is 2.43. The number of rotatable bonds is 11. The van der Waals surface area contributed by atoms with Crippen molar-refractivity contribution in [2.45, 2.75) is 38.3 Å². The van der Waals surface area contributed by atoms with Crippen molar-refractivity contribution < 1.29 is 32.9 Å². The molecule has 1 unspecified atom stereocenters. The molecule has 12 nitrogen and oxygen atoms in total. The lowest BCUT2D eigenvalue weighted by Gasteiger charge is -2.20. The van der Waals surface area contributed by atoms with Crippen LogP contribution < -0.4 is 30.8 Å². The number of ether oxygens (including phenoxy) is 4. The van der Waals surface area contributed by atoms with Crippen LogP contribution in [0, 0.1) is 12.7 Å². The topological polar surface area (TPSA) is 149 Å². The molecule has 0 radical (unpaired) electrons. The van der Waals surface area contributed by atoms with Gasteiger partial charge in [0.15, 0.2) is 23.1 Å². The van der Waals surface area contributed by atoms with Crippen molar-refractivity contribution in [1.82, 2.24) is 14.3 Å². The maximum atomic E-state index is 15.4. The van der Waals surface area contributed by atoms with Crippen molar-refractivity contribution in [2.24, 2.45) is 12.8 Å². The standard InChI is InChI=1S/C35H34FN5O7/c1-20(37)34(44)48-35(13-14-35)19-46-30-18-26-24(17-29(30)45-4)27(12-15-38-26)47-28-11-10-22(16-25(28)36)39-32(42)31-21(2)40(3)41(33(31)43)23-8-6-5-7-9-23/h5-12,15-18,20H,13-14,19,37H2,1-4H3,(H,39,42). The Morgan fingerprint density at radius 3 is 2.46 bits per heavy atom. The molecule has 6 rings (SSSR count). The quantitative estimate of drug-likeness (QED) is 0.187. The second kappa shape index (κ2) is 12.8. The molecule has 5 aromatic rings. The molecule has 1 fully saturated rings. The first-order valence-corrected chi connectivity index (χ1v) is 15.2. The zero-order chi connectivity index (χ0) is 34.2. The minimum Gasteiger partial charge on any atom is -0.493 e. The highest BCUT2D eigenvalue weighted by molar-refractivity contribution is 6.05. The molecule has 48 heavy (non-hydrogen) atoms. The summed E-state index contributed by atoms with van der Waals surface area (Å²) < 4.78 is 41.4. The van der Waals surface area contributed by atoms with Crippen LogP contribution in [0.4, 0.5) is 10.1 Å². The normalized spacial score (nSPS) is 13.9. The Hall–Kier alpha value is -5.69. The lowest BCUT2D eigenvalue weighted by Crippen LogP contribution is -2.35. The van der Waals surface area contributed by atoms with E-state index in [-0.39, 0.29) is 23.6 Å². The molecule has 1 saturated carbocycles. The second-order valence-corrected chi connectivity index (χ2v) is 11.6. The minimum absolute atomic E-state index is 0.0545. The van der Waals surface area contributed by atoms with E-state index in [0.29, 0.717) is 52.4 Å². The second-order valence-electron chi connectivity index (χ2n) is 11.6. The van der Waals surface area contributed by atoms with Gasteiger partial charge in [0, 0.05) is 36.5 Å². The maximum absolute atomic E-state index is 15.4. The summed E-state index contributed by atoms with van der Waals surface area (Å²) in [6.07, 6.45) is 2.83. The molecule has 0 bridgehead atoms. The van der Waals surface area contributed by atoms with Crippen molar-refractivity contribution in [2.75, 3.05) is 19.0 Å². The van der Waals surface area contributed by atoms with Gasteiger partial charge in [0.25, 0.3) is 11.5 Å². The number of anilines is 1. The Bertz CT molecular complexity index is 2090. The van der Waals surface area contributed by atoms with Crippen LogP contribution in [0.25, 0.3) is 16.6 Å². The van der Waals surface area contributed by atoms with Crippen LogP contribution in [-0.4, -0.2) is 51.6 Å². The van der Waals surface area contributed by atoms with Crippen molar-refractivity contribution in [1.29, 1.82) is 0 Å². The molecule has 3 N–H and O–H groups in total. The molecule has 1 aliphatic rings. The number of halogens is 1. The monoisotopic (exact) mass is 655 g/mol. The zero-order valence-electron chi connectivity index (χ0n) is 26.8. The highest BCUT2D eigenvalue weighted by atomic mass is 19.1. The summed E-state index contributed by atoms with van der Waals surface area (Å²) in [4.78, 5) is 42.9. The predicted molar refractivity (Wildman–Crippen MR) is 176 cm³/mol. The number of nitrogens with one attached hydrogen (secondary N) is 1. The molecule has 1 aliphatic carbocycles. The van der Waals surface area contributed by atoms with Gasteiger partial charge in [0.2, 0.25) is 0 Å². The molecular weight excluding hydrogens is 621 g/mol. The summed E-state index contributed by atoms with van der Waals surface area (Å²) >= 11 is 0. The van der Waals surface area contributed by atoms with E-state index in [1.54, 1.807) is 68.0 Å². The largest absolute Gasteiger partial charge is 0.493 e.